The summed E-state index contributed by atoms with van der Waals surface area (Å²) in [6, 6.07) is 3.80. The summed E-state index contributed by atoms with van der Waals surface area (Å²) < 4.78 is 2.13. The Morgan fingerprint density at radius 3 is 2.69 bits per heavy atom. The number of anilines is 1. The molecule has 0 amide bonds. The first kappa shape index (κ1) is 10.7. The van der Waals surface area contributed by atoms with Gasteiger partial charge in [-0.25, -0.2) is 9.97 Å². The van der Waals surface area contributed by atoms with Crippen molar-refractivity contribution in [3.05, 3.63) is 30.9 Å². The molecule has 2 rings (SSSR count). The molecule has 0 unspecified atom stereocenters. The third-order valence-electron chi connectivity index (χ3n) is 2.44. The molecule has 0 aliphatic heterocycles. The van der Waals surface area contributed by atoms with Crippen molar-refractivity contribution in [3.63, 3.8) is 0 Å². The van der Waals surface area contributed by atoms with Crippen molar-refractivity contribution in [1.29, 1.82) is 0 Å². The number of nitrogen functional groups attached to an aromatic ring is 1. The lowest BCUT2D eigenvalue weighted by molar-refractivity contribution is 0.400. The molecule has 84 valence electrons. The number of hydrogen-bond donors (Lipinski definition) is 1. The zero-order valence-electron chi connectivity index (χ0n) is 9.81. The molecule has 0 bridgehead atoms. The van der Waals surface area contributed by atoms with Crippen molar-refractivity contribution in [1.82, 2.24) is 14.5 Å². The van der Waals surface area contributed by atoms with E-state index in [2.05, 4.69) is 35.3 Å². The van der Waals surface area contributed by atoms with E-state index >= 15 is 0 Å². The SMILES string of the molecule is CC(C)(C)n1cncc1-c1ccnc(N)c1. The van der Waals surface area contributed by atoms with Gasteiger partial charge < -0.3 is 10.3 Å². The second-order valence-electron chi connectivity index (χ2n) is 4.79. The molecule has 2 aromatic rings. The molecule has 0 radical (unpaired) electrons. The molecule has 0 aliphatic rings. The van der Waals surface area contributed by atoms with Crippen LogP contribution in [0, 0.1) is 0 Å². The highest BCUT2D eigenvalue weighted by atomic mass is 15.1. The average molecular weight is 216 g/mol. The number of imidazole rings is 1. The summed E-state index contributed by atoms with van der Waals surface area (Å²) in [6.07, 6.45) is 5.40. The van der Waals surface area contributed by atoms with Gasteiger partial charge >= 0.3 is 0 Å². The monoisotopic (exact) mass is 216 g/mol. The van der Waals surface area contributed by atoms with Crippen LogP contribution in [-0.2, 0) is 5.54 Å². The fourth-order valence-electron chi connectivity index (χ4n) is 1.65. The number of rotatable bonds is 1. The maximum absolute atomic E-state index is 5.68. The number of hydrogen-bond acceptors (Lipinski definition) is 3. The van der Waals surface area contributed by atoms with Crippen LogP contribution in [0.4, 0.5) is 5.82 Å². The molecule has 0 spiro atoms. The standard InChI is InChI=1S/C12H16N4/c1-12(2,3)16-8-14-7-10(16)9-4-5-15-11(13)6-9/h4-8H,1-3H3,(H2,13,15). The van der Waals surface area contributed by atoms with E-state index in [9.17, 15) is 0 Å². The molecular formula is C12H16N4. The molecule has 2 heterocycles. The molecule has 2 N–H and O–H groups in total. The van der Waals surface area contributed by atoms with E-state index in [1.807, 2.05) is 24.7 Å². The van der Waals surface area contributed by atoms with Crippen LogP contribution in [0.3, 0.4) is 0 Å². The number of nitrogens with two attached hydrogens (primary N) is 1. The topological polar surface area (TPSA) is 56.7 Å². The van der Waals surface area contributed by atoms with Crippen LogP contribution in [0.5, 0.6) is 0 Å². The smallest absolute Gasteiger partial charge is 0.123 e. The summed E-state index contributed by atoms with van der Waals surface area (Å²) in [5.74, 6) is 0.527. The van der Waals surface area contributed by atoms with E-state index in [0.29, 0.717) is 5.82 Å². The van der Waals surface area contributed by atoms with Crippen molar-refractivity contribution >= 4 is 5.82 Å². The van der Waals surface area contributed by atoms with E-state index < -0.39 is 0 Å². The van der Waals surface area contributed by atoms with E-state index in [4.69, 9.17) is 5.73 Å². The number of nitrogens with zero attached hydrogens (tertiary/aromatic N) is 3. The number of aromatic nitrogens is 3. The largest absolute Gasteiger partial charge is 0.384 e. The van der Waals surface area contributed by atoms with Gasteiger partial charge in [0, 0.05) is 17.3 Å². The second kappa shape index (κ2) is 3.63. The molecular weight excluding hydrogens is 200 g/mol. The van der Waals surface area contributed by atoms with Crippen molar-refractivity contribution in [2.45, 2.75) is 26.3 Å². The molecule has 0 saturated carbocycles. The Balaban J connectivity index is 2.53. The van der Waals surface area contributed by atoms with Gasteiger partial charge in [0.05, 0.1) is 18.2 Å². The van der Waals surface area contributed by atoms with Crippen LogP contribution in [0.2, 0.25) is 0 Å². The third-order valence-corrected chi connectivity index (χ3v) is 2.44. The first-order chi connectivity index (χ1) is 7.48. The van der Waals surface area contributed by atoms with Gasteiger partial charge in [-0.05, 0) is 32.9 Å². The lowest BCUT2D eigenvalue weighted by Crippen LogP contribution is -2.21. The highest BCUT2D eigenvalue weighted by molar-refractivity contribution is 5.62. The zero-order chi connectivity index (χ0) is 11.8. The molecule has 0 aromatic carbocycles. The maximum Gasteiger partial charge on any atom is 0.123 e. The van der Waals surface area contributed by atoms with Gasteiger partial charge in [0.15, 0.2) is 0 Å². The van der Waals surface area contributed by atoms with E-state index in [1.54, 1.807) is 6.20 Å². The molecule has 2 aromatic heterocycles. The Bertz CT molecular complexity index is 494. The molecule has 0 atom stereocenters. The van der Waals surface area contributed by atoms with Crippen LogP contribution >= 0.6 is 0 Å². The summed E-state index contributed by atoms with van der Waals surface area (Å²) in [6.45, 7) is 6.42. The number of pyridine rings is 1. The first-order valence-corrected chi connectivity index (χ1v) is 5.23. The molecule has 0 aliphatic carbocycles. The highest BCUT2D eigenvalue weighted by Crippen LogP contribution is 2.25. The van der Waals surface area contributed by atoms with Gasteiger partial charge in [-0.3, -0.25) is 0 Å². The molecule has 0 saturated heterocycles. The normalized spacial score (nSPS) is 11.7. The Labute approximate surface area is 95.1 Å². The van der Waals surface area contributed by atoms with Crippen LogP contribution < -0.4 is 5.73 Å². The minimum absolute atomic E-state index is 0.00383. The lowest BCUT2D eigenvalue weighted by atomic mass is 10.1. The quantitative estimate of drug-likeness (QED) is 0.795. The molecule has 16 heavy (non-hydrogen) atoms. The first-order valence-electron chi connectivity index (χ1n) is 5.23. The van der Waals surface area contributed by atoms with E-state index in [0.717, 1.165) is 11.3 Å². The Morgan fingerprint density at radius 2 is 2.06 bits per heavy atom. The molecule has 4 nitrogen and oxygen atoms in total. The van der Waals surface area contributed by atoms with Crippen LogP contribution in [0.25, 0.3) is 11.3 Å². The van der Waals surface area contributed by atoms with E-state index in [-0.39, 0.29) is 5.54 Å². The maximum atomic E-state index is 5.68. The van der Waals surface area contributed by atoms with E-state index in [1.165, 1.54) is 0 Å². The summed E-state index contributed by atoms with van der Waals surface area (Å²) in [5.41, 5.74) is 7.79. The third kappa shape index (κ3) is 1.91. The zero-order valence-corrected chi connectivity index (χ0v) is 9.81. The fourth-order valence-corrected chi connectivity index (χ4v) is 1.65. The second-order valence-corrected chi connectivity index (χ2v) is 4.79. The predicted molar refractivity (Wildman–Crippen MR) is 64.9 cm³/mol. The average Bonchev–Trinajstić information content (AvgIpc) is 2.65. The van der Waals surface area contributed by atoms with Gasteiger partial charge in [0.1, 0.15) is 5.82 Å². The summed E-state index contributed by atoms with van der Waals surface area (Å²) in [5, 5.41) is 0. The predicted octanol–water partition coefficient (Wildman–Crippen LogP) is 2.28. The van der Waals surface area contributed by atoms with Crippen molar-refractivity contribution in [3.8, 4) is 11.3 Å². The Morgan fingerprint density at radius 1 is 1.31 bits per heavy atom. The van der Waals surface area contributed by atoms with Gasteiger partial charge in [-0.1, -0.05) is 0 Å². The molecule has 4 heteroatoms. The van der Waals surface area contributed by atoms with Crippen molar-refractivity contribution in [2.24, 2.45) is 0 Å². The summed E-state index contributed by atoms with van der Waals surface area (Å²) in [4.78, 5) is 8.19. The Kier molecular flexibility index (Phi) is 2.42. The minimum Gasteiger partial charge on any atom is -0.384 e. The minimum atomic E-state index is 0.00383. The van der Waals surface area contributed by atoms with Gasteiger partial charge in [0.2, 0.25) is 0 Å². The lowest BCUT2D eigenvalue weighted by Gasteiger charge is -2.23. The van der Waals surface area contributed by atoms with Crippen molar-refractivity contribution in [2.75, 3.05) is 5.73 Å². The highest BCUT2D eigenvalue weighted by Gasteiger charge is 2.17. The molecule has 0 fully saturated rings. The van der Waals surface area contributed by atoms with Crippen LogP contribution in [0.15, 0.2) is 30.9 Å². The summed E-state index contributed by atoms with van der Waals surface area (Å²) >= 11 is 0. The van der Waals surface area contributed by atoms with Gasteiger partial charge in [0.25, 0.3) is 0 Å². The van der Waals surface area contributed by atoms with Gasteiger partial charge in [-0.15, -0.1) is 0 Å². The van der Waals surface area contributed by atoms with Crippen LogP contribution in [-0.4, -0.2) is 14.5 Å². The van der Waals surface area contributed by atoms with Crippen LogP contribution in [0.1, 0.15) is 20.8 Å². The van der Waals surface area contributed by atoms with Crippen molar-refractivity contribution < 1.29 is 0 Å². The fraction of sp³-hybridized carbons (Fsp3) is 0.333. The summed E-state index contributed by atoms with van der Waals surface area (Å²) in [7, 11) is 0. The van der Waals surface area contributed by atoms with Gasteiger partial charge in [-0.2, -0.15) is 0 Å². The Hall–Kier alpha value is -1.84.